The van der Waals surface area contributed by atoms with Crippen LogP contribution in [0.3, 0.4) is 0 Å². The molecule has 0 saturated carbocycles. The summed E-state index contributed by atoms with van der Waals surface area (Å²) in [5, 5.41) is 5.96. The summed E-state index contributed by atoms with van der Waals surface area (Å²) in [6, 6.07) is 0. The second-order valence-corrected chi connectivity index (χ2v) is 4.82. The first kappa shape index (κ1) is 16.2. The molecule has 2 rings (SSSR count). The van der Waals surface area contributed by atoms with E-state index in [4.69, 9.17) is 0 Å². The summed E-state index contributed by atoms with van der Waals surface area (Å²) in [5.74, 6) is -0.518. The molecule has 0 amide bonds. The van der Waals surface area contributed by atoms with Crippen LogP contribution >= 0.6 is 0 Å². The topological polar surface area (TPSA) is 58.2 Å². The van der Waals surface area contributed by atoms with Gasteiger partial charge in [0.25, 0.3) is 0 Å². The van der Waals surface area contributed by atoms with E-state index in [1.165, 1.54) is 6.08 Å². The molecule has 0 aliphatic carbocycles. The van der Waals surface area contributed by atoms with Gasteiger partial charge in [0.2, 0.25) is 11.6 Å². The molecule has 2 aliphatic heterocycles. The summed E-state index contributed by atoms with van der Waals surface area (Å²) < 4.78 is 0. The number of nitrogens with one attached hydrogen (secondary N) is 2. The predicted octanol–water partition coefficient (Wildman–Crippen LogP) is 2.74. The lowest BCUT2D eigenvalue weighted by molar-refractivity contribution is -0.114. The molecule has 116 valence electrons. The van der Waals surface area contributed by atoms with E-state index < -0.39 is 0 Å². The average molecular weight is 306 g/mol. The fourth-order valence-corrected chi connectivity index (χ4v) is 2.38. The van der Waals surface area contributed by atoms with Gasteiger partial charge in [0.1, 0.15) is 11.4 Å². The van der Waals surface area contributed by atoms with Crippen LogP contribution in [0.5, 0.6) is 0 Å². The highest BCUT2D eigenvalue weighted by Gasteiger charge is 2.34. The smallest absolute Gasteiger partial charge is 0.213 e. The molecule has 0 aromatic rings. The van der Waals surface area contributed by atoms with E-state index in [1.54, 1.807) is 36.5 Å². The third-order valence-electron chi connectivity index (χ3n) is 3.43. The number of carbonyl (C=O) groups excluding carboxylic acids is 2. The fourth-order valence-electron chi connectivity index (χ4n) is 2.38. The maximum atomic E-state index is 12.6. The molecular formula is C19H18N2O2. The van der Waals surface area contributed by atoms with Gasteiger partial charge in [-0.05, 0) is 19.1 Å². The van der Waals surface area contributed by atoms with Crippen LogP contribution in [0.4, 0.5) is 0 Å². The van der Waals surface area contributed by atoms with Gasteiger partial charge in [-0.3, -0.25) is 9.59 Å². The van der Waals surface area contributed by atoms with Gasteiger partial charge in [0.05, 0.1) is 0 Å². The second kappa shape index (κ2) is 6.75. The Kier molecular flexibility index (Phi) is 4.76. The maximum Gasteiger partial charge on any atom is 0.213 e. The molecule has 2 aliphatic rings. The van der Waals surface area contributed by atoms with Crippen LogP contribution in [0, 0.1) is 0 Å². The average Bonchev–Trinajstić information content (AvgIpc) is 3.03. The summed E-state index contributed by atoms with van der Waals surface area (Å²) >= 11 is 0. The largest absolute Gasteiger partial charge is 0.350 e. The number of rotatable bonds is 5. The molecular weight excluding hydrogens is 288 g/mol. The van der Waals surface area contributed by atoms with Gasteiger partial charge in [0.15, 0.2) is 0 Å². The predicted molar refractivity (Wildman–Crippen MR) is 91.9 cm³/mol. The van der Waals surface area contributed by atoms with Crippen molar-refractivity contribution < 1.29 is 9.59 Å². The zero-order valence-electron chi connectivity index (χ0n) is 13.0. The van der Waals surface area contributed by atoms with Gasteiger partial charge in [-0.15, -0.1) is 0 Å². The quantitative estimate of drug-likeness (QED) is 0.606. The molecule has 0 unspecified atom stereocenters. The molecule has 0 radical (unpaired) electrons. The van der Waals surface area contributed by atoms with Gasteiger partial charge in [0, 0.05) is 22.5 Å². The van der Waals surface area contributed by atoms with E-state index in [9.17, 15) is 9.59 Å². The standard InChI is InChI=1S/C19H18N2O2/c1-5-9-11-15-12(7-3)18(22)16(21-15)17-19(23)13(10-6-2)14(8-4)20-17/h5-11,20-21H,1,3-4H2,2H3/b10-6-,11-9-,17-16+. The lowest BCUT2D eigenvalue weighted by Crippen LogP contribution is -2.21. The normalized spacial score (nSPS) is 21.4. The molecule has 4 nitrogen and oxygen atoms in total. The van der Waals surface area contributed by atoms with Gasteiger partial charge in [-0.1, -0.05) is 50.1 Å². The summed E-state index contributed by atoms with van der Waals surface area (Å²) in [5.41, 5.74) is 2.50. The van der Waals surface area contributed by atoms with E-state index in [-0.39, 0.29) is 23.0 Å². The molecule has 0 aromatic carbocycles. The summed E-state index contributed by atoms with van der Waals surface area (Å²) in [7, 11) is 0. The van der Waals surface area contributed by atoms with E-state index in [0.29, 0.717) is 22.5 Å². The molecule has 0 bridgehead atoms. The van der Waals surface area contributed by atoms with Crippen molar-refractivity contribution in [2.24, 2.45) is 0 Å². The van der Waals surface area contributed by atoms with Gasteiger partial charge >= 0.3 is 0 Å². The van der Waals surface area contributed by atoms with Crippen LogP contribution < -0.4 is 10.6 Å². The molecule has 4 heteroatoms. The van der Waals surface area contributed by atoms with Crippen LogP contribution in [0.15, 0.2) is 96.2 Å². The first-order valence-electron chi connectivity index (χ1n) is 7.12. The highest BCUT2D eigenvalue weighted by molar-refractivity contribution is 6.22. The number of Topliss-reactive ketones (excluding diaryl/α,β-unsaturated/α-hetero) is 2. The van der Waals surface area contributed by atoms with Crippen LogP contribution in [0.2, 0.25) is 0 Å². The van der Waals surface area contributed by atoms with Gasteiger partial charge < -0.3 is 10.6 Å². The first-order valence-corrected chi connectivity index (χ1v) is 7.12. The molecule has 0 aromatic heterocycles. The van der Waals surface area contributed by atoms with Crippen molar-refractivity contribution in [1.82, 2.24) is 10.6 Å². The molecule has 0 fully saturated rings. The summed E-state index contributed by atoms with van der Waals surface area (Å²) in [6.45, 7) is 12.8. The van der Waals surface area contributed by atoms with Crippen LogP contribution in [0.25, 0.3) is 0 Å². The van der Waals surface area contributed by atoms with Crippen molar-refractivity contribution in [2.75, 3.05) is 0 Å². The Morgan fingerprint density at radius 2 is 1.43 bits per heavy atom. The second-order valence-electron chi connectivity index (χ2n) is 4.82. The SMILES string of the molecule is C=C/C=C\C1=C(C=C)C(=O)/C(=C2\NC(C=C)=C(/C=C\C)C2=O)N1. The minimum atomic E-state index is -0.273. The van der Waals surface area contributed by atoms with Crippen molar-refractivity contribution in [2.45, 2.75) is 6.92 Å². The lowest BCUT2D eigenvalue weighted by Gasteiger charge is -2.06. The Bertz CT molecular complexity index is 771. The fraction of sp³-hybridized carbons (Fsp3) is 0.0526. The zero-order chi connectivity index (χ0) is 17.0. The highest BCUT2D eigenvalue weighted by atomic mass is 16.1. The Morgan fingerprint density at radius 1 is 0.826 bits per heavy atom. The number of ketones is 2. The molecule has 0 spiro atoms. The maximum absolute atomic E-state index is 12.6. The van der Waals surface area contributed by atoms with E-state index in [0.717, 1.165) is 0 Å². The molecule has 0 atom stereocenters. The Balaban J connectivity index is 2.47. The summed E-state index contributed by atoms with van der Waals surface area (Å²) in [6.07, 6.45) is 11.5. The van der Waals surface area contributed by atoms with Crippen molar-refractivity contribution in [1.29, 1.82) is 0 Å². The number of hydrogen-bond acceptors (Lipinski definition) is 4. The zero-order valence-corrected chi connectivity index (χ0v) is 13.0. The molecule has 0 saturated heterocycles. The van der Waals surface area contributed by atoms with Gasteiger partial charge in [-0.2, -0.15) is 0 Å². The van der Waals surface area contributed by atoms with Crippen LogP contribution in [-0.2, 0) is 9.59 Å². The van der Waals surface area contributed by atoms with Crippen molar-refractivity contribution in [3.8, 4) is 0 Å². The first-order chi connectivity index (χ1) is 11.1. The van der Waals surface area contributed by atoms with Crippen molar-refractivity contribution >= 4 is 11.6 Å². The molecule has 23 heavy (non-hydrogen) atoms. The lowest BCUT2D eigenvalue weighted by atomic mass is 10.1. The summed E-state index contributed by atoms with van der Waals surface area (Å²) in [4.78, 5) is 25.1. The minimum absolute atomic E-state index is 0.215. The van der Waals surface area contributed by atoms with E-state index in [2.05, 4.69) is 30.4 Å². The Hall–Kier alpha value is -3.14. The highest BCUT2D eigenvalue weighted by Crippen LogP contribution is 2.27. The third-order valence-corrected chi connectivity index (χ3v) is 3.43. The van der Waals surface area contributed by atoms with Crippen LogP contribution in [-0.4, -0.2) is 11.6 Å². The Labute approximate surface area is 135 Å². The van der Waals surface area contributed by atoms with E-state index >= 15 is 0 Å². The van der Waals surface area contributed by atoms with Crippen LogP contribution in [0.1, 0.15) is 6.92 Å². The monoisotopic (exact) mass is 306 g/mol. The van der Waals surface area contributed by atoms with Gasteiger partial charge in [-0.25, -0.2) is 0 Å². The molecule has 2 N–H and O–H groups in total. The number of carbonyl (C=O) groups is 2. The number of allylic oxidation sites excluding steroid dienone is 9. The minimum Gasteiger partial charge on any atom is -0.350 e. The third kappa shape index (κ3) is 2.79. The Morgan fingerprint density at radius 3 is 1.96 bits per heavy atom. The molecule has 2 heterocycles. The number of hydrogen-bond donors (Lipinski definition) is 2. The van der Waals surface area contributed by atoms with E-state index in [1.807, 2.05) is 6.92 Å². The van der Waals surface area contributed by atoms with Crippen molar-refractivity contribution in [3.05, 3.63) is 96.2 Å². The van der Waals surface area contributed by atoms with Crippen molar-refractivity contribution in [3.63, 3.8) is 0 Å².